The third kappa shape index (κ3) is 3.58. The lowest BCUT2D eigenvalue weighted by Gasteiger charge is -2.26. The number of rotatable bonds is 7. The number of unbranched alkanes of at least 4 members (excludes halogenated alkanes) is 1. The highest BCUT2D eigenvalue weighted by Crippen LogP contribution is 2.24. The highest BCUT2D eigenvalue weighted by atomic mass is 16.3. The summed E-state index contributed by atoms with van der Waals surface area (Å²) in [7, 11) is 0. The monoisotopic (exact) mass is 236 g/mol. The third-order valence-corrected chi connectivity index (χ3v) is 3.50. The zero-order chi connectivity index (χ0) is 11.9. The van der Waals surface area contributed by atoms with E-state index in [1.807, 2.05) is 6.07 Å². The van der Waals surface area contributed by atoms with E-state index in [1.165, 1.54) is 38.8 Å². The van der Waals surface area contributed by atoms with E-state index in [0.717, 1.165) is 18.8 Å². The van der Waals surface area contributed by atoms with Crippen LogP contribution in [0.1, 0.15) is 44.4 Å². The highest BCUT2D eigenvalue weighted by molar-refractivity contribution is 5.06. The first-order valence-electron chi connectivity index (χ1n) is 6.90. The van der Waals surface area contributed by atoms with Crippen LogP contribution in [0.5, 0.6) is 0 Å². The Hall–Kier alpha value is -0.800. The first kappa shape index (κ1) is 12.7. The van der Waals surface area contributed by atoms with Crippen molar-refractivity contribution in [3.63, 3.8) is 0 Å². The molecular weight excluding hydrogens is 212 g/mol. The van der Waals surface area contributed by atoms with E-state index < -0.39 is 0 Å². The minimum absolute atomic E-state index is 0.421. The lowest BCUT2D eigenvalue weighted by Crippen LogP contribution is -2.34. The van der Waals surface area contributed by atoms with Crippen LogP contribution in [0.2, 0.25) is 0 Å². The molecule has 17 heavy (non-hydrogen) atoms. The van der Waals surface area contributed by atoms with Crippen LogP contribution in [0.3, 0.4) is 0 Å². The fourth-order valence-corrected chi connectivity index (χ4v) is 2.48. The molecule has 0 saturated carbocycles. The van der Waals surface area contributed by atoms with Crippen molar-refractivity contribution in [2.75, 3.05) is 26.2 Å². The Morgan fingerprint density at radius 2 is 2.24 bits per heavy atom. The summed E-state index contributed by atoms with van der Waals surface area (Å²) in [5.74, 6) is 1.11. The summed E-state index contributed by atoms with van der Waals surface area (Å²) in [5, 5.41) is 3.55. The van der Waals surface area contributed by atoms with Crippen LogP contribution in [-0.4, -0.2) is 31.1 Å². The van der Waals surface area contributed by atoms with Gasteiger partial charge in [-0.3, -0.25) is 4.90 Å². The second-order valence-electron chi connectivity index (χ2n) is 4.83. The Labute approximate surface area is 104 Å². The molecule has 1 aromatic heterocycles. The quantitative estimate of drug-likeness (QED) is 0.738. The van der Waals surface area contributed by atoms with Crippen molar-refractivity contribution in [2.24, 2.45) is 0 Å². The van der Waals surface area contributed by atoms with Gasteiger partial charge in [-0.15, -0.1) is 0 Å². The van der Waals surface area contributed by atoms with E-state index in [9.17, 15) is 0 Å². The van der Waals surface area contributed by atoms with Crippen molar-refractivity contribution >= 4 is 0 Å². The van der Waals surface area contributed by atoms with Crippen molar-refractivity contribution in [1.82, 2.24) is 10.2 Å². The molecule has 1 fully saturated rings. The number of furan rings is 1. The first-order valence-corrected chi connectivity index (χ1v) is 6.90. The lowest BCUT2D eigenvalue weighted by atomic mass is 10.2. The second kappa shape index (κ2) is 6.82. The summed E-state index contributed by atoms with van der Waals surface area (Å²) >= 11 is 0. The van der Waals surface area contributed by atoms with Crippen LogP contribution in [0, 0.1) is 0 Å². The number of nitrogens with zero attached hydrogens (tertiary/aromatic N) is 1. The van der Waals surface area contributed by atoms with Crippen LogP contribution in [0.25, 0.3) is 0 Å². The van der Waals surface area contributed by atoms with Gasteiger partial charge in [0.1, 0.15) is 5.76 Å². The normalized spacial score (nSPS) is 18.6. The van der Waals surface area contributed by atoms with Crippen molar-refractivity contribution in [1.29, 1.82) is 0 Å². The average Bonchev–Trinajstić information content (AvgIpc) is 3.02. The molecule has 0 aliphatic carbocycles. The summed E-state index contributed by atoms with van der Waals surface area (Å²) in [6.07, 6.45) is 6.94. The summed E-state index contributed by atoms with van der Waals surface area (Å²) < 4.78 is 5.58. The zero-order valence-electron chi connectivity index (χ0n) is 10.8. The summed E-state index contributed by atoms with van der Waals surface area (Å²) in [5.41, 5.74) is 0. The molecule has 1 aromatic rings. The molecule has 0 aromatic carbocycles. The maximum Gasteiger partial charge on any atom is 0.122 e. The van der Waals surface area contributed by atoms with E-state index in [0.29, 0.717) is 6.04 Å². The molecule has 0 spiro atoms. The fourth-order valence-electron chi connectivity index (χ4n) is 2.48. The van der Waals surface area contributed by atoms with E-state index in [2.05, 4.69) is 23.2 Å². The van der Waals surface area contributed by atoms with Gasteiger partial charge in [-0.1, -0.05) is 13.3 Å². The lowest BCUT2D eigenvalue weighted by molar-refractivity contribution is 0.209. The molecule has 0 radical (unpaired) electrons. The van der Waals surface area contributed by atoms with Gasteiger partial charge in [0, 0.05) is 6.54 Å². The van der Waals surface area contributed by atoms with Crippen molar-refractivity contribution in [3.05, 3.63) is 24.2 Å². The predicted molar refractivity (Wildman–Crippen MR) is 70.0 cm³/mol. The Balaban J connectivity index is 1.88. The Morgan fingerprint density at radius 3 is 2.88 bits per heavy atom. The molecule has 1 aliphatic heterocycles. The summed E-state index contributed by atoms with van der Waals surface area (Å²) in [6.45, 7) is 6.77. The number of nitrogens with one attached hydrogen (secondary N) is 1. The Kier molecular flexibility index (Phi) is 5.08. The molecule has 3 heteroatoms. The highest BCUT2D eigenvalue weighted by Gasteiger charge is 2.24. The molecular formula is C14H24N2O. The maximum absolute atomic E-state index is 5.58. The van der Waals surface area contributed by atoms with Crippen LogP contribution < -0.4 is 5.32 Å². The summed E-state index contributed by atoms with van der Waals surface area (Å²) in [6, 6.07) is 4.51. The van der Waals surface area contributed by atoms with E-state index >= 15 is 0 Å². The van der Waals surface area contributed by atoms with E-state index in [-0.39, 0.29) is 0 Å². The van der Waals surface area contributed by atoms with Gasteiger partial charge in [-0.2, -0.15) is 0 Å². The average molecular weight is 236 g/mol. The second-order valence-corrected chi connectivity index (χ2v) is 4.83. The summed E-state index contributed by atoms with van der Waals surface area (Å²) in [4.78, 5) is 2.54. The molecule has 2 rings (SSSR count). The van der Waals surface area contributed by atoms with Crippen molar-refractivity contribution in [3.8, 4) is 0 Å². The van der Waals surface area contributed by atoms with Crippen LogP contribution in [-0.2, 0) is 0 Å². The first-order chi connectivity index (χ1) is 8.42. The molecule has 3 nitrogen and oxygen atoms in total. The van der Waals surface area contributed by atoms with Gasteiger partial charge in [0.15, 0.2) is 0 Å². The molecule has 96 valence electrons. The molecule has 1 saturated heterocycles. The standard InChI is InChI=1S/C14H24N2O/c1-2-3-8-15-12-13(14-7-6-11-17-14)16-9-4-5-10-16/h6-7,11,13,15H,2-5,8-10,12H2,1H3. The van der Waals surface area contributed by atoms with E-state index in [4.69, 9.17) is 4.42 Å². The zero-order valence-corrected chi connectivity index (χ0v) is 10.8. The van der Waals surface area contributed by atoms with Crippen LogP contribution in [0.4, 0.5) is 0 Å². The third-order valence-electron chi connectivity index (χ3n) is 3.50. The van der Waals surface area contributed by atoms with E-state index in [1.54, 1.807) is 6.26 Å². The van der Waals surface area contributed by atoms with Gasteiger partial charge in [-0.05, 0) is 51.0 Å². The maximum atomic E-state index is 5.58. The van der Waals surface area contributed by atoms with Crippen LogP contribution in [0.15, 0.2) is 22.8 Å². The van der Waals surface area contributed by atoms with Crippen molar-refractivity contribution in [2.45, 2.75) is 38.6 Å². The van der Waals surface area contributed by atoms with Gasteiger partial charge in [-0.25, -0.2) is 0 Å². The van der Waals surface area contributed by atoms with Gasteiger partial charge in [0.25, 0.3) is 0 Å². The molecule has 0 bridgehead atoms. The van der Waals surface area contributed by atoms with Gasteiger partial charge in [0.05, 0.1) is 12.3 Å². The van der Waals surface area contributed by atoms with Gasteiger partial charge in [0.2, 0.25) is 0 Å². The molecule has 1 unspecified atom stereocenters. The van der Waals surface area contributed by atoms with Gasteiger partial charge < -0.3 is 9.73 Å². The van der Waals surface area contributed by atoms with Crippen molar-refractivity contribution < 1.29 is 4.42 Å². The fraction of sp³-hybridized carbons (Fsp3) is 0.714. The number of likely N-dealkylation sites (tertiary alicyclic amines) is 1. The molecule has 1 atom stereocenters. The molecule has 1 aliphatic rings. The SMILES string of the molecule is CCCCNCC(c1ccco1)N1CCCC1. The molecule has 2 heterocycles. The largest absolute Gasteiger partial charge is 0.468 e. The minimum atomic E-state index is 0.421. The Bertz CT molecular complexity index is 291. The predicted octanol–water partition coefficient (Wildman–Crippen LogP) is 2.81. The Morgan fingerprint density at radius 1 is 1.41 bits per heavy atom. The smallest absolute Gasteiger partial charge is 0.122 e. The minimum Gasteiger partial charge on any atom is -0.468 e. The molecule has 1 N–H and O–H groups in total. The molecule has 0 amide bonds. The van der Waals surface area contributed by atoms with Gasteiger partial charge >= 0.3 is 0 Å². The number of hydrogen-bond acceptors (Lipinski definition) is 3. The topological polar surface area (TPSA) is 28.4 Å². The number of hydrogen-bond donors (Lipinski definition) is 1. The van der Waals surface area contributed by atoms with Crippen LogP contribution >= 0.6 is 0 Å².